The molecular weight excluding hydrogens is 400 g/mol. The summed E-state index contributed by atoms with van der Waals surface area (Å²) in [5, 5.41) is 3.72. The van der Waals surface area contributed by atoms with Gasteiger partial charge in [0.2, 0.25) is 11.8 Å². The summed E-state index contributed by atoms with van der Waals surface area (Å²) < 4.78 is 5.19. The van der Waals surface area contributed by atoms with Gasteiger partial charge in [-0.1, -0.05) is 25.1 Å². The third kappa shape index (κ3) is 3.70. The molecule has 1 N–H and O–H groups in total. The molecule has 2 aromatic heterocycles. The number of methoxy groups -OCH3 is 1. The number of fused-ring (bicyclic) bond motifs is 1. The molecule has 1 saturated carbocycles. The van der Waals surface area contributed by atoms with Crippen LogP contribution in [0.3, 0.4) is 0 Å². The number of carbonyl (C=O) groups excluding carboxylic acids is 1. The van der Waals surface area contributed by atoms with E-state index in [1.54, 1.807) is 20.2 Å². The first-order valence-corrected chi connectivity index (χ1v) is 11.2. The summed E-state index contributed by atoms with van der Waals surface area (Å²) in [6, 6.07) is 18.2. The van der Waals surface area contributed by atoms with Crippen LogP contribution in [0.2, 0.25) is 0 Å². The Hall–Kier alpha value is -3.41. The molecule has 6 heteroatoms. The number of pyridine rings is 2. The lowest BCUT2D eigenvalue weighted by atomic mass is 9.82. The van der Waals surface area contributed by atoms with E-state index in [2.05, 4.69) is 29.4 Å². The quantitative estimate of drug-likeness (QED) is 0.613. The first kappa shape index (κ1) is 20.5. The Morgan fingerprint density at radius 1 is 1.09 bits per heavy atom. The number of amides is 1. The first-order valence-electron chi connectivity index (χ1n) is 11.2. The predicted octanol–water partition coefficient (Wildman–Crippen LogP) is 5.09. The topological polar surface area (TPSA) is 67.3 Å². The first-order chi connectivity index (χ1) is 15.6. The van der Waals surface area contributed by atoms with Crippen molar-refractivity contribution >= 4 is 17.3 Å². The van der Waals surface area contributed by atoms with Crippen molar-refractivity contribution in [1.82, 2.24) is 9.97 Å². The van der Waals surface area contributed by atoms with Crippen LogP contribution < -0.4 is 15.0 Å². The minimum Gasteiger partial charge on any atom is -0.481 e. The van der Waals surface area contributed by atoms with Gasteiger partial charge in [0.15, 0.2) is 0 Å². The van der Waals surface area contributed by atoms with Crippen LogP contribution in [-0.2, 0) is 4.79 Å². The van der Waals surface area contributed by atoms with Crippen molar-refractivity contribution in [2.24, 2.45) is 11.8 Å². The maximum atomic E-state index is 12.8. The molecule has 1 aromatic carbocycles. The number of rotatable bonds is 5. The second kappa shape index (κ2) is 8.26. The van der Waals surface area contributed by atoms with E-state index in [1.165, 1.54) is 12.8 Å². The van der Waals surface area contributed by atoms with Gasteiger partial charge in [0.25, 0.3) is 0 Å². The molecule has 3 heterocycles. The molecule has 5 rings (SSSR count). The van der Waals surface area contributed by atoms with Gasteiger partial charge in [0.1, 0.15) is 0 Å². The fraction of sp³-hybridized carbons (Fsp3) is 0.346. The van der Waals surface area contributed by atoms with Crippen molar-refractivity contribution in [1.29, 1.82) is 0 Å². The van der Waals surface area contributed by atoms with Gasteiger partial charge in [0, 0.05) is 42.4 Å². The molecule has 0 bridgehead atoms. The standard InChI is InChI=1S/C26H28N4O2/c1-16-24(28-20-7-5-4-6-8-20)25-22(30(17(2)31)26(16)18-9-10-18)13-12-21(29-25)19-11-14-23(32-3)27-15-19/h4-8,11-16,18,24,26,28H,9-10H2,1-3H3. The normalized spacial score (nSPS) is 22.2. The van der Waals surface area contributed by atoms with E-state index in [0.717, 1.165) is 28.3 Å². The Kier molecular flexibility index (Phi) is 5.29. The van der Waals surface area contributed by atoms with Crippen LogP contribution in [-0.4, -0.2) is 29.0 Å². The van der Waals surface area contributed by atoms with E-state index in [-0.39, 0.29) is 23.9 Å². The zero-order valence-electron chi connectivity index (χ0n) is 18.7. The minimum atomic E-state index is -0.000225. The van der Waals surface area contributed by atoms with Gasteiger partial charge in [0.05, 0.1) is 30.2 Å². The van der Waals surface area contributed by atoms with Crippen LogP contribution in [0.5, 0.6) is 5.88 Å². The lowest BCUT2D eigenvalue weighted by Crippen LogP contribution is -2.51. The van der Waals surface area contributed by atoms with Crippen LogP contribution in [0.1, 0.15) is 38.4 Å². The number of carbonyl (C=O) groups is 1. The van der Waals surface area contributed by atoms with Crippen LogP contribution in [0, 0.1) is 11.8 Å². The smallest absolute Gasteiger partial charge is 0.224 e. The van der Waals surface area contributed by atoms with E-state index in [0.29, 0.717) is 11.8 Å². The number of aromatic nitrogens is 2. The Morgan fingerprint density at radius 3 is 2.50 bits per heavy atom. The van der Waals surface area contributed by atoms with Crippen molar-refractivity contribution in [2.45, 2.75) is 38.8 Å². The lowest BCUT2D eigenvalue weighted by molar-refractivity contribution is -0.117. The molecule has 1 aliphatic carbocycles. The molecule has 0 radical (unpaired) electrons. The molecule has 32 heavy (non-hydrogen) atoms. The summed E-state index contributed by atoms with van der Waals surface area (Å²) in [5.74, 6) is 1.41. The summed E-state index contributed by atoms with van der Waals surface area (Å²) >= 11 is 0. The number of nitrogens with zero attached hydrogens (tertiary/aromatic N) is 3. The largest absolute Gasteiger partial charge is 0.481 e. The van der Waals surface area contributed by atoms with Crippen molar-refractivity contribution in [3.63, 3.8) is 0 Å². The molecule has 0 spiro atoms. The van der Waals surface area contributed by atoms with E-state index < -0.39 is 0 Å². The molecular formula is C26H28N4O2. The molecule has 1 amide bonds. The monoisotopic (exact) mass is 428 g/mol. The average Bonchev–Trinajstić information content (AvgIpc) is 3.66. The van der Waals surface area contributed by atoms with Crippen LogP contribution in [0.25, 0.3) is 11.3 Å². The number of benzene rings is 1. The summed E-state index contributed by atoms with van der Waals surface area (Å²) in [5.41, 5.74) is 4.62. The van der Waals surface area contributed by atoms with Crippen molar-refractivity contribution < 1.29 is 9.53 Å². The fourth-order valence-electron chi connectivity index (χ4n) is 4.93. The van der Waals surface area contributed by atoms with E-state index in [4.69, 9.17) is 9.72 Å². The molecule has 3 atom stereocenters. The van der Waals surface area contributed by atoms with Crippen molar-refractivity contribution in [3.05, 3.63) is 66.5 Å². The van der Waals surface area contributed by atoms with Crippen LogP contribution >= 0.6 is 0 Å². The van der Waals surface area contributed by atoms with E-state index in [9.17, 15) is 4.79 Å². The molecule has 3 unspecified atom stereocenters. The molecule has 1 fully saturated rings. The molecule has 6 nitrogen and oxygen atoms in total. The summed E-state index contributed by atoms with van der Waals surface area (Å²) in [6.07, 6.45) is 4.12. The number of hydrogen-bond acceptors (Lipinski definition) is 5. The molecule has 3 aromatic rings. The SMILES string of the molecule is COc1ccc(-c2ccc3c(n2)C(Nc2ccccc2)C(C)C(C2CC2)N3C(C)=O)cn1. The van der Waals surface area contributed by atoms with Gasteiger partial charge in [-0.15, -0.1) is 0 Å². The predicted molar refractivity (Wildman–Crippen MR) is 126 cm³/mol. The third-order valence-corrected chi connectivity index (χ3v) is 6.60. The maximum Gasteiger partial charge on any atom is 0.224 e. The molecule has 0 saturated heterocycles. The molecule has 2 aliphatic rings. The second-order valence-electron chi connectivity index (χ2n) is 8.75. The Labute approximate surface area is 188 Å². The van der Waals surface area contributed by atoms with Crippen LogP contribution in [0.4, 0.5) is 11.4 Å². The van der Waals surface area contributed by atoms with E-state index in [1.807, 2.05) is 47.4 Å². The van der Waals surface area contributed by atoms with E-state index >= 15 is 0 Å². The van der Waals surface area contributed by atoms with Crippen molar-refractivity contribution in [2.75, 3.05) is 17.3 Å². The number of ether oxygens (including phenoxy) is 1. The average molecular weight is 429 g/mol. The minimum absolute atomic E-state index is 0.000225. The second-order valence-corrected chi connectivity index (χ2v) is 8.75. The Bertz CT molecular complexity index is 1110. The zero-order chi connectivity index (χ0) is 22.2. The van der Waals surface area contributed by atoms with Gasteiger partial charge < -0.3 is 15.0 Å². The van der Waals surface area contributed by atoms with Gasteiger partial charge in [-0.3, -0.25) is 4.79 Å². The lowest BCUT2D eigenvalue weighted by Gasteiger charge is -2.45. The van der Waals surface area contributed by atoms with Gasteiger partial charge >= 0.3 is 0 Å². The highest BCUT2D eigenvalue weighted by Crippen LogP contribution is 2.49. The Morgan fingerprint density at radius 2 is 1.88 bits per heavy atom. The number of nitrogens with one attached hydrogen (secondary N) is 1. The maximum absolute atomic E-state index is 12.8. The highest BCUT2D eigenvalue weighted by Gasteiger charge is 2.48. The van der Waals surface area contributed by atoms with Crippen molar-refractivity contribution in [3.8, 4) is 17.1 Å². The number of para-hydroxylation sites is 1. The highest BCUT2D eigenvalue weighted by atomic mass is 16.5. The third-order valence-electron chi connectivity index (χ3n) is 6.60. The number of hydrogen-bond donors (Lipinski definition) is 1. The molecule has 164 valence electrons. The zero-order valence-corrected chi connectivity index (χ0v) is 18.7. The van der Waals surface area contributed by atoms with Gasteiger partial charge in [-0.2, -0.15) is 0 Å². The summed E-state index contributed by atoms with van der Waals surface area (Å²) in [4.78, 5) is 24.2. The van der Waals surface area contributed by atoms with Crippen LogP contribution in [0.15, 0.2) is 60.8 Å². The highest BCUT2D eigenvalue weighted by molar-refractivity contribution is 5.94. The Balaban J connectivity index is 1.61. The molecule has 1 aliphatic heterocycles. The van der Waals surface area contributed by atoms with Gasteiger partial charge in [-0.25, -0.2) is 9.97 Å². The fourth-order valence-corrected chi connectivity index (χ4v) is 4.93. The number of anilines is 2. The summed E-state index contributed by atoms with van der Waals surface area (Å²) in [7, 11) is 1.60. The summed E-state index contributed by atoms with van der Waals surface area (Å²) in [6.45, 7) is 3.91. The van der Waals surface area contributed by atoms with Gasteiger partial charge in [-0.05, 0) is 49.1 Å².